The Hall–Kier alpha value is -5.54. The van der Waals surface area contributed by atoms with E-state index in [0.29, 0.717) is 46.2 Å². The summed E-state index contributed by atoms with van der Waals surface area (Å²) in [5.41, 5.74) is 4.77. The highest BCUT2D eigenvalue weighted by Crippen LogP contribution is 2.37. The average molecular weight is 684 g/mol. The zero-order valence-corrected chi connectivity index (χ0v) is 27.2. The molecule has 2 atom stereocenters. The second-order valence-electron chi connectivity index (χ2n) is 10.2. The Balaban J connectivity index is 1.39. The minimum absolute atomic E-state index is 0.0204. The lowest BCUT2D eigenvalue weighted by Crippen LogP contribution is -2.45. The van der Waals surface area contributed by atoms with E-state index >= 15 is 0 Å². The van der Waals surface area contributed by atoms with Crippen LogP contribution in [0.15, 0.2) is 71.0 Å². The van der Waals surface area contributed by atoms with Crippen LogP contribution in [-0.2, 0) is 16.1 Å². The van der Waals surface area contributed by atoms with Gasteiger partial charge >= 0.3 is 12.0 Å². The molecule has 15 nitrogen and oxygen atoms in total. The zero-order valence-electron chi connectivity index (χ0n) is 26.4. The van der Waals surface area contributed by atoms with Gasteiger partial charge in [0, 0.05) is 17.8 Å². The molecule has 0 saturated heterocycles. The molecule has 3 aromatic carbocycles. The van der Waals surface area contributed by atoms with Gasteiger partial charge in [-0.1, -0.05) is 29.8 Å². The number of nitro groups is 1. The number of rotatable bonds is 15. The molecule has 254 valence electrons. The van der Waals surface area contributed by atoms with Gasteiger partial charge in [0.05, 0.1) is 48.6 Å². The smallest absolute Gasteiger partial charge is 0.337 e. The lowest BCUT2D eigenvalue weighted by atomic mass is 9.95. The number of methoxy groups -OCH3 is 2. The van der Waals surface area contributed by atoms with Crippen LogP contribution in [0, 0.1) is 10.1 Å². The number of aliphatic hydroxyl groups excluding tert-OH is 1. The second kappa shape index (κ2) is 16.3. The van der Waals surface area contributed by atoms with Gasteiger partial charge in [-0.25, -0.2) is 9.59 Å². The number of carbonyl (C=O) groups is 2. The van der Waals surface area contributed by atoms with E-state index in [4.69, 9.17) is 35.3 Å². The normalized spacial score (nSPS) is 14.9. The number of nitro benzene ring substituents is 1. The van der Waals surface area contributed by atoms with Gasteiger partial charge < -0.3 is 39.4 Å². The molecule has 0 aromatic heterocycles. The summed E-state index contributed by atoms with van der Waals surface area (Å²) in [4.78, 5) is 35.2. The number of allylic oxidation sites excluding steroid dienone is 1. The van der Waals surface area contributed by atoms with Crippen LogP contribution in [0.5, 0.6) is 23.0 Å². The van der Waals surface area contributed by atoms with Gasteiger partial charge in [0.1, 0.15) is 13.2 Å². The predicted molar refractivity (Wildman–Crippen MR) is 174 cm³/mol. The summed E-state index contributed by atoms with van der Waals surface area (Å²) >= 11 is 6.44. The maximum atomic E-state index is 12.5. The van der Waals surface area contributed by atoms with Crippen molar-refractivity contribution in [2.24, 2.45) is 5.10 Å². The molecule has 0 bridgehead atoms. The standard InChI is InChI=1S/C32H34ClN5O10/c1-5-46-25-14-21(29-28(31(40)45-4)18(2)35-32(41)36-29)9-10-24(25)47-17-27(39)37-34-15-20-12-23(33)30(26(13-20)44-3)48-16-19-7-6-8-22(11-19)38(42)43/h6-15,27,29,37,39H,5,16-17H2,1-4H3,(H2,35,36,41)/b34-15-/t27-,29+/m0/s1. The highest BCUT2D eigenvalue weighted by Gasteiger charge is 2.32. The quantitative estimate of drug-likeness (QED) is 0.0585. The Morgan fingerprint density at radius 2 is 1.92 bits per heavy atom. The molecule has 3 aromatic rings. The molecule has 0 aliphatic carbocycles. The average Bonchev–Trinajstić information content (AvgIpc) is 3.06. The SMILES string of the molecule is CCOc1cc([C@H]2NC(=O)NC(C)=C2C(=O)OC)ccc1OC[C@H](O)N/N=C\c1cc(Cl)c(OCc2cccc([N+](=O)[O-])c2)c(OC)c1. The Labute approximate surface area is 280 Å². The van der Waals surface area contributed by atoms with Gasteiger partial charge in [-0.15, -0.1) is 0 Å². The monoisotopic (exact) mass is 683 g/mol. The third kappa shape index (κ3) is 8.83. The number of hydrogen-bond acceptors (Lipinski definition) is 12. The van der Waals surface area contributed by atoms with Crippen molar-refractivity contribution in [3.8, 4) is 23.0 Å². The minimum atomic E-state index is -1.23. The first-order valence-corrected chi connectivity index (χ1v) is 14.9. The predicted octanol–water partition coefficient (Wildman–Crippen LogP) is 4.36. The number of ether oxygens (including phenoxy) is 5. The number of nitrogens with zero attached hydrogens (tertiary/aromatic N) is 2. The topological polar surface area (TPSA) is 192 Å². The molecule has 2 amide bonds. The number of hydrogen-bond donors (Lipinski definition) is 4. The molecule has 0 fully saturated rings. The molecule has 1 heterocycles. The zero-order chi connectivity index (χ0) is 34.8. The van der Waals surface area contributed by atoms with E-state index in [1.807, 2.05) is 0 Å². The fraction of sp³-hybridized carbons (Fsp3) is 0.281. The number of urea groups is 1. The number of amides is 2. The van der Waals surface area contributed by atoms with Crippen molar-refractivity contribution in [2.45, 2.75) is 32.7 Å². The van der Waals surface area contributed by atoms with Gasteiger partial charge in [-0.2, -0.15) is 5.10 Å². The van der Waals surface area contributed by atoms with Crippen molar-refractivity contribution < 1.29 is 43.3 Å². The van der Waals surface area contributed by atoms with Crippen LogP contribution in [-0.4, -0.2) is 61.9 Å². The van der Waals surface area contributed by atoms with Crippen molar-refractivity contribution in [2.75, 3.05) is 27.4 Å². The van der Waals surface area contributed by atoms with Crippen molar-refractivity contribution >= 4 is 35.5 Å². The van der Waals surface area contributed by atoms with Crippen molar-refractivity contribution in [3.63, 3.8) is 0 Å². The number of benzene rings is 3. The highest BCUT2D eigenvalue weighted by molar-refractivity contribution is 6.32. The van der Waals surface area contributed by atoms with Crippen LogP contribution in [0.2, 0.25) is 5.02 Å². The van der Waals surface area contributed by atoms with E-state index in [2.05, 4.69) is 21.2 Å². The maximum absolute atomic E-state index is 12.5. The first-order chi connectivity index (χ1) is 23.0. The summed E-state index contributed by atoms with van der Waals surface area (Å²) < 4.78 is 27.6. The summed E-state index contributed by atoms with van der Waals surface area (Å²) in [6, 6.07) is 12.9. The van der Waals surface area contributed by atoms with Gasteiger partial charge in [0.2, 0.25) is 0 Å². The number of aliphatic hydroxyl groups is 1. The van der Waals surface area contributed by atoms with Crippen LogP contribution < -0.4 is 35.0 Å². The van der Waals surface area contributed by atoms with Crippen LogP contribution in [0.1, 0.15) is 36.6 Å². The maximum Gasteiger partial charge on any atom is 0.337 e. The molecule has 4 rings (SSSR count). The van der Waals surface area contributed by atoms with Gasteiger partial charge in [-0.05, 0) is 54.8 Å². The molecular weight excluding hydrogens is 650 g/mol. The Kier molecular flexibility index (Phi) is 12.0. The van der Waals surface area contributed by atoms with E-state index in [9.17, 15) is 24.8 Å². The van der Waals surface area contributed by atoms with Crippen LogP contribution >= 0.6 is 11.6 Å². The number of carbonyl (C=O) groups excluding carboxylic acids is 2. The summed E-state index contributed by atoms with van der Waals surface area (Å²) in [5, 5.41) is 31.1. The van der Waals surface area contributed by atoms with Crippen LogP contribution in [0.4, 0.5) is 10.5 Å². The molecule has 4 N–H and O–H groups in total. The summed E-state index contributed by atoms with van der Waals surface area (Å²) in [6.45, 7) is 3.49. The number of non-ortho nitro benzene ring substituents is 1. The number of halogens is 1. The van der Waals surface area contributed by atoms with Crippen molar-refractivity contribution in [1.29, 1.82) is 0 Å². The molecule has 1 aliphatic heterocycles. The molecule has 1 aliphatic rings. The molecule has 0 spiro atoms. The first kappa shape index (κ1) is 35.3. The van der Waals surface area contributed by atoms with Crippen molar-refractivity contribution in [1.82, 2.24) is 16.1 Å². The largest absolute Gasteiger partial charge is 0.493 e. The van der Waals surface area contributed by atoms with E-state index in [-0.39, 0.29) is 35.2 Å². The first-order valence-electron chi connectivity index (χ1n) is 14.5. The Morgan fingerprint density at radius 1 is 1.12 bits per heavy atom. The van der Waals surface area contributed by atoms with Gasteiger partial charge in [-0.3, -0.25) is 15.5 Å². The minimum Gasteiger partial charge on any atom is -0.493 e. The summed E-state index contributed by atoms with van der Waals surface area (Å²) in [5.74, 6) is 0.591. The summed E-state index contributed by atoms with van der Waals surface area (Å²) in [7, 11) is 2.69. The third-order valence-electron chi connectivity index (χ3n) is 6.87. The van der Waals surface area contributed by atoms with Crippen molar-refractivity contribution in [3.05, 3.63) is 97.7 Å². The van der Waals surface area contributed by atoms with E-state index < -0.39 is 29.2 Å². The van der Waals surface area contributed by atoms with Gasteiger partial charge in [0.25, 0.3) is 5.69 Å². The van der Waals surface area contributed by atoms with Crippen LogP contribution in [0.25, 0.3) is 0 Å². The molecule has 0 saturated carbocycles. The lowest BCUT2D eigenvalue weighted by Gasteiger charge is -2.28. The number of nitrogens with one attached hydrogen (secondary N) is 3. The highest BCUT2D eigenvalue weighted by atomic mass is 35.5. The molecule has 48 heavy (non-hydrogen) atoms. The van der Waals surface area contributed by atoms with Crippen LogP contribution in [0.3, 0.4) is 0 Å². The number of hydrazone groups is 1. The Bertz CT molecular complexity index is 1730. The third-order valence-corrected chi connectivity index (χ3v) is 7.15. The Morgan fingerprint density at radius 3 is 2.62 bits per heavy atom. The van der Waals surface area contributed by atoms with E-state index in [1.165, 1.54) is 32.6 Å². The molecule has 0 unspecified atom stereocenters. The fourth-order valence-electron chi connectivity index (χ4n) is 4.69. The molecular formula is C32H34ClN5O10. The van der Waals surface area contributed by atoms with E-state index in [1.54, 1.807) is 56.3 Å². The molecule has 16 heteroatoms. The van der Waals surface area contributed by atoms with Gasteiger partial charge in [0.15, 0.2) is 29.2 Å². The second-order valence-corrected chi connectivity index (χ2v) is 10.6. The summed E-state index contributed by atoms with van der Waals surface area (Å²) in [6.07, 6.45) is 0.176. The number of esters is 1. The van der Waals surface area contributed by atoms with E-state index in [0.717, 1.165) is 0 Å². The molecule has 0 radical (unpaired) electrons. The lowest BCUT2D eigenvalue weighted by molar-refractivity contribution is -0.384. The fourth-order valence-corrected chi connectivity index (χ4v) is 4.96.